The Balaban J connectivity index is 2.08. The summed E-state index contributed by atoms with van der Waals surface area (Å²) in [5.74, 6) is -1.99. The van der Waals surface area contributed by atoms with Gasteiger partial charge in [0.1, 0.15) is 19.3 Å². The van der Waals surface area contributed by atoms with Gasteiger partial charge < -0.3 is 30.5 Å². The number of cyclic esters (lactones) is 1. The first-order valence-electron chi connectivity index (χ1n) is 12.2. The van der Waals surface area contributed by atoms with Crippen LogP contribution in [-0.2, 0) is 30.5 Å². The summed E-state index contributed by atoms with van der Waals surface area (Å²) < 4.78 is 10.7. The third-order valence-electron chi connectivity index (χ3n) is 5.77. The van der Waals surface area contributed by atoms with Gasteiger partial charge in [0, 0.05) is 12.5 Å². The zero-order valence-corrected chi connectivity index (χ0v) is 21.1. The lowest BCUT2D eigenvalue weighted by atomic mass is 9.96. The van der Waals surface area contributed by atoms with Crippen molar-refractivity contribution in [2.75, 3.05) is 13.2 Å². The van der Waals surface area contributed by atoms with Crippen molar-refractivity contribution in [2.24, 2.45) is 11.8 Å². The molecule has 1 aliphatic heterocycles. The first-order chi connectivity index (χ1) is 17.2. The lowest BCUT2D eigenvalue weighted by Gasteiger charge is -2.26. The second-order valence-electron chi connectivity index (χ2n) is 9.24. The molecule has 0 aliphatic carbocycles. The number of nitrogens with one attached hydrogen (secondary N) is 3. The monoisotopic (exact) mass is 503 g/mol. The molecule has 0 aromatic heterocycles. The number of hydrogen-bond donors (Lipinski definition) is 4. The number of ether oxygens (including phenoxy) is 2. The molecule has 1 aromatic rings. The van der Waals surface area contributed by atoms with E-state index in [0.29, 0.717) is 0 Å². The minimum Gasteiger partial charge on any atom is -0.462 e. The van der Waals surface area contributed by atoms with Crippen LogP contribution in [0.1, 0.15) is 45.6 Å². The zero-order chi connectivity index (χ0) is 26.5. The fraction of sp³-hybridized carbons (Fsp3) is 0.538. The van der Waals surface area contributed by atoms with Gasteiger partial charge in [-0.15, -0.1) is 0 Å². The Morgan fingerprint density at radius 2 is 1.83 bits per heavy atom. The van der Waals surface area contributed by atoms with Crippen molar-refractivity contribution in [3.8, 4) is 0 Å². The van der Waals surface area contributed by atoms with Gasteiger partial charge in [-0.25, -0.2) is 9.59 Å². The average Bonchev–Trinajstić information content (AvgIpc) is 2.85. The highest BCUT2D eigenvalue weighted by atomic mass is 16.6. The molecule has 10 heteroatoms. The van der Waals surface area contributed by atoms with Crippen molar-refractivity contribution in [3.05, 3.63) is 48.0 Å². The van der Waals surface area contributed by atoms with E-state index in [1.807, 2.05) is 44.2 Å². The summed E-state index contributed by atoms with van der Waals surface area (Å²) >= 11 is 0. The first kappa shape index (κ1) is 28.8. The Kier molecular flexibility index (Phi) is 11.9. The Morgan fingerprint density at radius 3 is 2.50 bits per heavy atom. The van der Waals surface area contributed by atoms with E-state index in [9.17, 15) is 19.2 Å². The van der Waals surface area contributed by atoms with Crippen LogP contribution in [0.25, 0.3) is 0 Å². The zero-order valence-electron chi connectivity index (χ0n) is 21.1. The second-order valence-corrected chi connectivity index (χ2v) is 9.24. The molecular weight excluding hydrogens is 466 g/mol. The van der Waals surface area contributed by atoms with E-state index in [1.165, 1.54) is 0 Å². The van der Waals surface area contributed by atoms with Gasteiger partial charge in [0.25, 0.3) is 0 Å². The maximum atomic E-state index is 12.9. The molecule has 3 amide bonds. The van der Waals surface area contributed by atoms with Crippen molar-refractivity contribution >= 4 is 23.9 Å². The lowest BCUT2D eigenvalue weighted by Crippen LogP contribution is -2.48. The van der Waals surface area contributed by atoms with Crippen LogP contribution in [0.15, 0.2) is 42.5 Å². The highest BCUT2D eigenvalue weighted by Gasteiger charge is 2.28. The van der Waals surface area contributed by atoms with Gasteiger partial charge in [-0.2, -0.15) is 0 Å². The molecule has 1 aliphatic rings. The molecule has 10 nitrogen and oxygen atoms in total. The van der Waals surface area contributed by atoms with Gasteiger partial charge in [0.2, 0.25) is 11.8 Å². The number of carbonyl (C=O) groups excluding carboxylic acids is 4. The molecular formula is C26H37N3O7. The molecule has 0 unspecified atom stereocenters. The second kappa shape index (κ2) is 14.9. The van der Waals surface area contributed by atoms with Crippen molar-refractivity contribution in [2.45, 2.75) is 64.8 Å². The van der Waals surface area contributed by atoms with Crippen molar-refractivity contribution in [3.63, 3.8) is 0 Å². The van der Waals surface area contributed by atoms with Crippen LogP contribution in [0.5, 0.6) is 0 Å². The Hall–Kier alpha value is -3.40. The molecule has 1 heterocycles. The summed E-state index contributed by atoms with van der Waals surface area (Å²) in [6.45, 7) is 5.21. The van der Waals surface area contributed by atoms with E-state index < -0.39 is 36.1 Å². The van der Waals surface area contributed by atoms with E-state index in [-0.39, 0.29) is 56.8 Å². The van der Waals surface area contributed by atoms with Crippen LogP contribution in [0.2, 0.25) is 0 Å². The summed E-state index contributed by atoms with van der Waals surface area (Å²) in [7, 11) is 0. The van der Waals surface area contributed by atoms with Crippen LogP contribution in [0.3, 0.4) is 0 Å². The molecule has 0 radical (unpaired) electrons. The summed E-state index contributed by atoms with van der Waals surface area (Å²) in [5.41, 5.74) is 0.813. The molecule has 0 fully saturated rings. The van der Waals surface area contributed by atoms with E-state index >= 15 is 0 Å². The number of amides is 3. The minimum absolute atomic E-state index is 0.0497. The smallest absolute Gasteiger partial charge is 0.408 e. The van der Waals surface area contributed by atoms with Gasteiger partial charge in [-0.05, 0) is 31.2 Å². The first-order valence-corrected chi connectivity index (χ1v) is 12.2. The van der Waals surface area contributed by atoms with Crippen molar-refractivity contribution < 1.29 is 33.8 Å². The number of benzene rings is 1. The largest absolute Gasteiger partial charge is 0.462 e. The SMILES string of the molecule is CC(C)[C@H]1COC(=O)[C@H](NC(=O)OCc2ccccc2)CC=CC[C@H](CC(=O)N[C@H](C)CO)C(=O)N1. The molecule has 4 atom stereocenters. The van der Waals surface area contributed by atoms with Crippen LogP contribution >= 0.6 is 0 Å². The Bertz CT molecular complexity index is 904. The van der Waals surface area contributed by atoms with Gasteiger partial charge in [0.05, 0.1) is 18.6 Å². The molecule has 0 saturated heterocycles. The highest BCUT2D eigenvalue weighted by Crippen LogP contribution is 2.15. The predicted molar refractivity (Wildman–Crippen MR) is 132 cm³/mol. The van der Waals surface area contributed by atoms with Crippen LogP contribution in [0, 0.1) is 11.8 Å². The number of allylic oxidation sites excluding steroid dienone is 1. The summed E-state index contributed by atoms with van der Waals surface area (Å²) in [6, 6.07) is 7.30. The molecule has 1 aromatic carbocycles. The number of esters is 1. The molecule has 0 spiro atoms. The maximum Gasteiger partial charge on any atom is 0.408 e. The minimum atomic E-state index is -0.973. The molecule has 0 bridgehead atoms. The number of alkyl carbamates (subject to hydrolysis) is 1. The summed E-state index contributed by atoms with van der Waals surface area (Å²) in [4.78, 5) is 50.3. The third-order valence-corrected chi connectivity index (χ3v) is 5.77. The standard InChI is InChI=1S/C26H37N3O7/c1-17(2)22-16-35-25(33)21(29-26(34)36-15-19-9-5-4-6-10-19)12-8-7-11-20(24(32)28-22)13-23(31)27-18(3)14-30/h4-10,17-18,20-22,30H,11-16H2,1-3H3,(H,27,31)(H,28,32)(H,29,34)/t18-,20-,21-,22-/m1/s1. The third kappa shape index (κ3) is 10.1. The van der Waals surface area contributed by atoms with E-state index in [2.05, 4.69) is 16.0 Å². The van der Waals surface area contributed by atoms with E-state index in [1.54, 1.807) is 19.1 Å². The van der Waals surface area contributed by atoms with Gasteiger partial charge >= 0.3 is 12.1 Å². The lowest BCUT2D eigenvalue weighted by molar-refractivity contribution is -0.148. The van der Waals surface area contributed by atoms with Gasteiger partial charge in [-0.1, -0.05) is 56.3 Å². The summed E-state index contributed by atoms with van der Waals surface area (Å²) in [6.07, 6.45) is 2.96. The Labute approximate surface area is 211 Å². The normalized spacial score (nSPS) is 21.9. The molecule has 4 N–H and O–H groups in total. The molecule has 0 saturated carbocycles. The molecule has 198 valence electrons. The maximum absolute atomic E-state index is 12.9. The van der Waals surface area contributed by atoms with E-state index in [4.69, 9.17) is 14.6 Å². The van der Waals surface area contributed by atoms with Crippen LogP contribution in [0.4, 0.5) is 4.79 Å². The van der Waals surface area contributed by atoms with Gasteiger partial charge in [0.15, 0.2) is 0 Å². The summed E-state index contributed by atoms with van der Waals surface area (Å²) in [5, 5.41) is 17.2. The van der Waals surface area contributed by atoms with Crippen LogP contribution < -0.4 is 16.0 Å². The number of aliphatic hydroxyl groups excluding tert-OH is 1. The van der Waals surface area contributed by atoms with Gasteiger partial charge in [-0.3, -0.25) is 9.59 Å². The van der Waals surface area contributed by atoms with Crippen molar-refractivity contribution in [1.29, 1.82) is 0 Å². The molecule has 2 rings (SSSR count). The topological polar surface area (TPSA) is 143 Å². The number of carbonyl (C=O) groups is 4. The molecule has 36 heavy (non-hydrogen) atoms. The Morgan fingerprint density at radius 1 is 1.14 bits per heavy atom. The van der Waals surface area contributed by atoms with Crippen molar-refractivity contribution in [1.82, 2.24) is 16.0 Å². The number of rotatable bonds is 8. The van der Waals surface area contributed by atoms with Crippen LogP contribution in [-0.4, -0.2) is 60.3 Å². The number of aliphatic hydroxyl groups is 1. The predicted octanol–water partition coefficient (Wildman–Crippen LogP) is 1.82. The fourth-order valence-electron chi connectivity index (χ4n) is 3.47. The highest BCUT2D eigenvalue weighted by molar-refractivity contribution is 5.86. The quantitative estimate of drug-likeness (QED) is 0.313. The number of hydrogen-bond acceptors (Lipinski definition) is 7. The van der Waals surface area contributed by atoms with E-state index in [0.717, 1.165) is 5.56 Å². The average molecular weight is 504 g/mol. The fourth-order valence-corrected chi connectivity index (χ4v) is 3.47.